The Hall–Kier alpha value is -1.39. The molecule has 2 N–H and O–H groups in total. The number of hydrogen-bond acceptors (Lipinski definition) is 3. The fraction of sp³-hybridized carbons (Fsp3) is 0.533. The third kappa shape index (κ3) is 1.50. The lowest BCUT2D eigenvalue weighted by Crippen LogP contribution is -2.59. The van der Waals surface area contributed by atoms with Crippen LogP contribution >= 0.6 is 0 Å². The van der Waals surface area contributed by atoms with Crippen molar-refractivity contribution in [2.24, 2.45) is 0 Å². The smallest absolute Gasteiger partial charge is 0.256 e. The van der Waals surface area contributed by atoms with E-state index in [9.17, 15) is 15.0 Å². The molecule has 1 amide bonds. The van der Waals surface area contributed by atoms with Crippen LogP contribution in [0, 0.1) is 0 Å². The van der Waals surface area contributed by atoms with E-state index in [-0.39, 0.29) is 5.91 Å². The van der Waals surface area contributed by atoms with Crippen LogP contribution in [-0.2, 0) is 5.72 Å². The number of amides is 1. The average molecular weight is 261 g/mol. The summed E-state index contributed by atoms with van der Waals surface area (Å²) in [4.78, 5) is 13.5. The second kappa shape index (κ2) is 4.05. The monoisotopic (exact) mass is 261 g/mol. The Morgan fingerprint density at radius 3 is 2.42 bits per heavy atom. The zero-order valence-corrected chi connectivity index (χ0v) is 11.1. The first kappa shape index (κ1) is 12.6. The SMILES string of the molecule is CN1C(=O)c2ccccc2C1(O)C1(O)CCCCC1. The van der Waals surface area contributed by atoms with Crippen molar-refractivity contribution in [1.29, 1.82) is 0 Å². The van der Waals surface area contributed by atoms with E-state index in [0.29, 0.717) is 24.0 Å². The molecule has 0 saturated heterocycles. The lowest BCUT2D eigenvalue weighted by molar-refractivity contribution is -0.227. The topological polar surface area (TPSA) is 60.8 Å². The first-order valence-corrected chi connectivity index (χ1v) is 6.83. The number of carbonyl (C=O) groups is 1. The van der Waals surface area contributed by atoms with Gasteiger partial charge in [-0.1, -0.05) is 37.5 Å². The van der Waals surface area contributed by atoms with Gasteiger partial charge in [-0.05, 0) is 18.9 Å². The number of rotatable bonds is 1. The third-order valence-corrected chi connectivity index (χ3v) is 4.65. The minimum Gasteiger partial charge on any atom is -0.384 e. The Labute approximate surface area is 112 Å². The number of aliphatic hydroxyl groups is 2. The summed E-state index contributed by atoms with van der Waals surface area (Å²) in [5.74, 6) is -0.225. The van der Waals surface area contributed by atoms with Crippen LogP contribution in [0.15, 0.2) is 24.3 Å². The summed E-state index contributed by atoms with van der Waals surface area (Å²) in [6, 6.07) is 7.02. The van der Waals surface area contributed by atoms with Crippen LogP contribution in [0.2, 0.25) is 0 Å². The van der Waals surface area contributed by atoms with Gasteiger partial charge in [0, 0.05) is 18.2 Å². The molecule has 1 aliphatic carbocycles. The predicted molar refractivity (Wildman–Crippen MR) is 70.5 cm³/mol. The quantitative estimate of drug-likeness (QED) is 0.807. The average Bonchev–Trinajstić information content (AvgIpc) is 2.64. The van der Waals surface area contributed by atoms with Crippen molar-refractivity contribution in [3.8, 4) is 0 Å². The summed E-state index contributed by atoms with van der Waals surface area (Å²) >= 11 is 0. The minimum absolute atomic E-state index is 0.225. The lowest BCUT2D eigenvalue weighted by Gasteiger charge is -2.47. The van der Waals surface area contributed by atoms with E-state index in [1.165, 1.54) is 4.90 Å². The molecule has 4 heteroatoms. The van der Waals surface area contributed by atoms with Crippen molar-refractivity contribution in [3.05, 3.63) is 35.4 Å². The summed E-state index contributed by atoms with van der Waals surface area (Å²) in [6.45, 7) is 0. The summed E-state index contributed by atoms with van der Waals surface area (Å²) in [5.41, 5.74) is -1.82. The standard InChI is InChI=1S/C15H19NO3/c1-16-13(17)11-7-3-4-8-12(11)15(16,19)14(18)9-5-2-6-10-14/h3-4,7-8,18-19H,2,5-6,9-10H2,1H3. The highest BCUT2D eigenvalue weighted by atomic mass is 16.4. The van der Waals surface area contributed by atoms with Crippen molar-refractivity contribution in [3.63, 3.8) is 0 Å². The van der Waals surface area contributed by atoms with Gasteiger partial charge in [0.15, 0.2) is 5.72 Å². The molecule has 3 rings (SSSR count). The fourth-order valence-electron chi connectivity index (χ4n) is 3.53. The van der Waals surface area contributed by atoms with Crippen LogP contribution < -0.4 is 0 Å². The van der Waals surface area contributed by atoms with E-state index >= 15 is 0 Å². The highest BCUT2D eigenvalue weighted by Crippen LogP contribution is 2.49. The summed E-state index contributed by atoms with van der Waals surface area (Å²) in [6.07, 6.45) is 3.87. The van der Waals surface area contributed by atoms with Gasteiger partial charge in [-0.15, -0.1) is 0 Å². The Balaban J connectivity index is 2.15. The second-order valence-electron chi connectivity index (χ2n) is 5.67. The second-order valence-corrected chi connectivity index (χ2v) is 5.67. The molecule has 1 aromatic rings. The number of fused-ring (bicyclic) bond motifs is 1. The maximum Gasteiger partial charge on any atom is 0.256 e. The number of carbonyl (C=O) groups excluding carboxylic acids is 1. The molecule has 1 aliphatic heterocycles. The van der Waals surface area contributed by atoms with Crippen molar-refractivity contribution < 1.29 is 15.0 Å². The molecular weight excluding hydrogens is 242 g/mol. The van der Waals surface area contributed by atoms with Crippen LogP contribution in [0.4, 0.5) is 0 Å². The van der Waals surface area contributed by atoms with Gasteiger partial charge in [-0.25, -0.2) is 0 Å². The van der Waals surface area contributed by atoms with E-state index < -0.39 is 11.3 Å². The molecular formula is C15H19NO3. The first-order valence-electron chi connectivity index (χ1n) is 6.83. The van der Waals surface area contributed by atoms with Crippen molar-refractivity contribution >= 4 is 5.91 Å². The van der Waals surface area contributed by atoms with E-state index in [4.69, 9.17) is 0 Å². The molecule has 19 heavy (non-hydrogen) atoms. The van der Waals surface area contributed by atoms with Gasteiger partial charge in [0.2, 0.25) is 0 Å². The largest absolute Gasteiger partial charge is 0.384 e. The number of hydrogen-bond donors (Lipinski definition) is 2. The molecule has 1 atom stereocenters. The number of benzene rings is 1. The van der Waals surface area contributed by atoms with Gasteiger partial charge in [0.25, 0.3) is 5.91 Å². The lowest BCUT2D eigenvalue weighted by atomic mass is 9.74. The highest BCUT2D eigenvalue weighted by Gasteiger charge is 2.59. The van der Waals surface area contributed by atoms with E-state index in [1.807, 2.05) is 0 Å². The molecule has 2 aliphatic rings. The Bertz CT molecular complexity index is 522. The molecule has 102 valence electrons. The van der Waals surface area contributed by atoms with Gasteiger partial charge < -0.3 is 15.1 Å². The normalized spacial score (nSPS) is 29.4. The Morgan fingerprint density at radius 1 is 1.11 bits per heavy atom. The molecule has 1 unspecified atom stereocenters. The molecule has 0 bridgehead atoms. The molecule has 0 aromatic heterocycles. The maximum absolute atomic E-state index is 12.3. The van der Waals surface area contributed by atoms with Crippen LogP contribution in [-0.4, -0.2) is 33.7 Å². The number of likely N-dealkylation sites (N-methyl/N-ethyl adjacent to an activating group) is 1. The molecule has 0 spiro atoms. The summed E-state index contributed by atoms with van der Waals surface area (Å²) in [5, 5.41) is 22.0. The van der Waals surface area contributed by atoms with Gasteiger partial charge in [0.1, 0.15) is 5.60 Å². The van der Waals surface area contributed by atoms with Crippen LogP contribution in [0.5, 0.6) is 0 Å². The first-order chi connectivity index (χ1) is 9.01. The molecule has 1 heterocycles. The summed E-state index contributed by atoms with van der Waals surface area (Å²) < 4.78 is 0. The zero-order chi connectivity index (χ0) is 13.7. The van der Waals surface area contributed by atoms with Gasteiger partial charge in [0.05, 0.1) is 0 Å². The maximum atomic E-state index is 12.3. The molecule has 1 aromatic carbocycles. The van der Waals surface area contributed by atoms with E-state index in [1.54, 1.807) is 31.3 Å². The third-order valence-electron chi connectivity index (χ3n) is 4.65. The van der Waals surface area contributed by atoms with Gasteiger partial charge in [-0.3, -0.25) is 4.79 Å². The highest BCUT2D eigenvalue weighted by molar-refractivity contribution is 5.99. The van der Waals surface area contributed by atoms with E-state index in [2.05, 4.69) is 0 Å². The molecule has 1 fully saturated rings. The van der Waals surface area contributed by atoms with Crippen LogP contribution in [0.25, 0.3) is 0 Å². The Morgan fingerprint density at radius 2 is 1.74 bits per heavy atom. The minimum atomic E-state index is -1.60. The van der Waals surface area contributed by atoms with Crippen molar-refractivity contribution in [1.82, 2.24) is 4.90 Å². The zero-order valence-electron chi connectivity index (χ0n) is 11.1. The molecule has 0 radical (unpaired) electrons. The molecule has 4 nitrogen and oxygen atoms in total. The van der Waals surface area contributed by atoms with Gasteiger partial charge >= 0.3 is 0 Å². The summed E-state index contributed by atoms with van der Waals surface area (Å²) in [7, 11) is 1.56. The fourth-order valence-corrected chi connectivity index (χ4v) is 3.53. The van der Waals surface area contributed by atoms with Crippen molar-refractivity contribution in [2.75, 3.05) is 7.05 Å². The van der Waals surface area contributed by atoms with Crippen molar-refractivity contribution in [2.45, 2.75) is 43.4 Å². The number of nitrogens with zero attached hydrogens (tertiary/aromatic N) is 1. The van der Waals surface area contributed by atoms with Crippen LogP contribution in [0.3, 0.4) is 0 Å². The van der Waals surface area contributed by atoms with Gasteiger partial charge in [-0.2, -0.15) is 0 Å². The Kier molecular flexibility index (Phi) is 2.69. The molecule has 1 saturated carbocycles. The van der Waals surface area contributed by atoms with Crippen LogP contribution in [0.1, 0.15) is 48.0 Å². The predicted octanol–water partition coefficient (Wildman–Crippen LogP) is 1.61. The van der Waals surface area contributed by atoms with E-state index in [0.717, 1.165) is 19.3 Å².